The summed E-state index contributed by atoms with van der Waals surface area (Å²) < 4.78 is 44.7. The molecular weight excluding hydrogens is 490 g/mol. The molecule has 214 valence electrons. The smallest absolute Gasteiger partial charge is 0.340 e. The van der Waals surface area contributed by atoms with Crippen LogP contribution in [0, 0.1) is 0 Å². The van der Waals surface area contributed by atoms with Crippen molar-refractivity contribution in [1.82, 2.24) is 0 Å². The highest BCUT2D eigenvalue weighted by atomic mass is 19.1. The van der Waals surface area contributed by atoms with E-state index < -0.39 is 24.3 Å². The number of halogens is 2. The van der Waals surface area contributed by atoms with Crippen LogP contribution in [0.1, 0.15) is 127 Å². The van der Waals surface area contributed by atoms with E-state index in [1.165, 1.54) is 5.56 Å². The van der Waals surface area contributed by atoms with Crippen molar-refractivity contribution in [2.24, 2.45) is 0 Å². The summed E-state index contributed by atoms with van der Waals surface area (Å²) in [7, 11) is 1.69. The Balaban J connectivity index is 1.49. The Hall–Kier alpha value is -2.18. The van der Waals surface area contributed by atoms with Crippen molar-refractivity contribution in [3.8, 4) is 5.75 Å². The molecule has 0 spiro atoms. The van der Waals surface area contributed by atoms with Crippen LogP contribution in [0.2, 0.25) is 0 Å². The minimum atomic E-state index is -1.52. The first-order valence-electron chi connectivity index (χ1n) is 14.7. The first-order valence-corrected chi connectivity index (χ1v) is 14.7. The van der Waals surface area contributed by atoms with E-state index in [2.05, 4.69) is 18.2 Å². The summed E-state index contributed by atoms with van der Waals surface area (Å²) in [5, 5.41) is 0. The summed E-state index contributed by atoms with van der Waals surface area (Å²) in [4.78, 5) is 24.1. The number of carbonyl (C=O) groups excluding carboxylic acids is 2. The molecule has 2 unspecified atom stereocenters. The zero-order valence-corrected chi connectivity index (χ0v) is 23.4. The van der Waals surface area contributed by atoms with Crippen LogP contribution in [0.15, 0.2) is 18.2 Å². The summed E-state index contributed by atoms with van der Waals surface area (Å²) in [5.74, 6) is 0.112. The van der Waals surface area contributed by atoms with E-state index in [0.717, 1.165) is 75.5 Å². The molecule has 2 atom stereocenters. The van der Waals surface area contributed by atoms with Crippen LogP contribution in [-0.4, -0.2) is 43.6 Å². The lowest BCUT2D eigenvalue weighted by Crippen LogP contribution is -2.28. The molecule has 5 nitrogen and oxygen atoms in total. The van der Waals surface area contributed by atoms with E-state index in [4.69, 9.17) is 14.2 Å². The lowest BCUT2D eigenvalue weighted by Gasteiger charge is -2.31. The second kappa shape index (κ2) is 15.4. The zero-order valence-electron chi connectivity index (χ0n) is 23.4. The van der Waals surface area contributed by atoms with Crippen LogP contribution in [0.5, 0.6) is 5.75 Å². The van der Waals surface area contributed by atoms with Crippen molar-refractivity contribution in [2.75, 3.05) is 7.11 Å². The third kappa shape index (κ3) is 8.67. The molecule has 2 aliphatic carbocycles. The van der Waals surface area contributed by atoms with Crippen molar-refractivity contribution in [1.29, 1.82) is 0 Å². The SMILES string of the molecule is CCCCC(F)C(=O)OC1CCC(c2ccc(C3CCC(OC(=O)C(F)CCCC)CC3)c(OC)c2)CC1. The summed E-state index contributed by atoms with van der Waals surface area (Å²) in [6, 6.07) is 6.45. The predicted octanol–water partition coefficient (Wildman–Crippen LogP) is 7.89. The molecule has 2 fully saturated rings. The number of rotatable bonds is 13. The van der Waals surface area contributed by atoms with E-state index in [1.807, 2.05) is 13.8 Å². The van der Waals surface area contributed by atoms with Crippen molar-refractivity contribution in [2.45, 2.75) is 140 Å². The van der Waals surface area contributed by atoms with Gasteiger partial charge in [-0.1, -0.05) is 51.7 Å². The standard InChI is InChI=1S/C31H46F2O5/c1-4-6-8-27(32)30(34)37-24-15-10-21(11-16-24)23-14-19-26(29(20-23)36-3)22-12-17-25(18-13-22)38-31(35)28(33)9-7-5-2/h14,19-22,24-25,27-28H,4-13,15-18H2,1-3H3. The van der Waals surface area contributed by atoms with Gasteiger partial charge >= 0.3 is 11.9 Å². The maximum Gasteiger partial charge on any atom is 0.340 e. The van der Waals surface area contributed by atoms with Crippen molar-refractivity contribution in [3.63, 3.8) is 0 Å². The highest BCUT2D eigenvalue weighted by Gasteiger charge is 2.31. The van der Waals surface area contributed by atoms with Gasteiger partial charge in [-0.05, 0) is 93.2 Å². The molecule has 1 aromatic rings. The van der Waals surface area contributed by atoms with Crippen LogP contribution < -0.4 is 4.74 Å². The molecule has 0 amide bonds. The fourth-order valence-electron chi connectivity index (χ4n) is 5.80. The number of hydrogen-bond donors (Lipinski definition) is 0. The van der Waals surface area contributed by atoms with Gasteiger partial charge in [-0.2, -0.15) is 0 Å². The van der Waals surface area contributed by atoms with Crippen LogP contribution in [-0.2, 0) is 19.1 Å². The van der Waals surface area contributed by atoms with E-state index >= 15 is 0 Å². The first kappa shape index (κ1) is 30.4. The Morgan fingerprint density at radius 3 is 1.71 bits per heavy atom. The Morgan fingerprint density at radius 2 is 1.26 bits per heavy atom. The number of hydrogen-bond acceptors (Lipinski definition) is 5. The van der Waals surface area contributed by atoms with E-state index in [0.29, 0.717) is 24.7 Å². The van der Waals surface area contributed by atoms with Gasteiger partial charge in [0.15, 0.2) is 12.3 Å². The Kier molecular flexibility index (Phi) is 12.3. The lowest BCUT2D eigenvalue weighted by atomic mass is 9.79. The summed E-state index contributed by atoms with van der Waals surface area (Å²) in [6.07, 6.45) is 6.53. The fourth-order valence-corrected chi connectivity index (χ4v) is 5.80. The number of unbranched alkanes of at least 4 members (excludes halogenated alkanes) is 2. The molecule has 3 rings (SSSR count). The van der Waals surface area contributed by atoms with Gasteiger partial charge in [0.25, 0.3) is 0 Å². The van der Waals surface area contributed by atoms with E-state index in [-0.39, 0.29) is 25.0 Å². The number of carbonyl (C=O) groups is 2. The number of benzene rings is 1. The largest absolute Gasteiger partial charge is 0.496 e. The van der Waals surface area contributed by atoms with Crippen molar-refractivity contribution >= 4 is 11.9 Å². The summed E-state index contributed by atoms with van der Waals surface area (Å²) >= 11 is 0. The molecule has 0 bridgehead atoms. The maximum absolute atomic E-state index is 14.0. The molecule has 0 N–H and O–H groups in total. The third-order valence-corrected chi connectivity index (χ3v) is 8.22. The van der Waals surface area contributed by atoms with Crippen molar-refractivity contribution in [3.05, 3.63) is 29.3 Å². The van der Waals surface area contributed by atoms with Crippen LogP contribution in [0.3, 0.4) is 0 Å². The molecule has 0 radical (unpaired) electrons. The van der Waals surface area contributed by atoms with E-state index in [1.54, 1.807) is 7.11 Å². The first-order chi connectivity index (χ1) is 18.4. The molecule has 7 heteroatoms. The highest BCUT2D eigenvalue weighted by molar-refractivity contribution is 5.75. The van der Waals surface area contributed by atoms with Gasteiger partial charge in [0.05, 0.1) is 7.11 Å². The average Bonchev–Trinajstić information content (AvgIpc) is 2.95. The molecule has 38 heavy (non-hydrogen) atoms. The quantitative estimate of drug-likeness (QED) is 0.240. The second-order valence-corrected chi connectivity index (χ2v) is 11.0. The Labute approximate surface area is 227 Å². The normalized spacial score (nSPS) is 25.3. The minimum absolute atomic E-state index is 0.205. The molecule has 2 saturated carbocycles. The maximum atomic E-state index is 14.0. The monoisotopic (exact) mass is 536 g/mol. The van der Waals surface area contributed by atoms with Crippen LogP contribution >= 0.6 is 0 Å². The number of alkyl halides is 2. The fraction of sp³-hybridized carbons (Fsp3) is 0.742. The van der Waals surface area contributed by atoms with Crippen LogP contribution in [0.25, 0.3) is 0 Å². The molecule has 2 aliphatic rings. The molecule has 0 saturated heterocycles. The molecule has 0 aliphatic heterocycles. The van der Waals surface area contributed by atoms with E-state index in [9.17, 15) is 18.4 Å². The topological polar surface area (TPSA) is 61.8 Å². The van der Waals surface area contributed by atoms with Crippen molar-refractivity contribution < 1.29 is 32.6 Å². The van der Waals surface area contributed by atoms with Gasteiger partial charge in [-0.15, -0.1) is 0 Å². The molecule has 0 aromatic heterocycles. The predicted molar refractivity (Wildman–Crippen MR) is 144 cm³/mol. The van der Waals surface area contributed by atoms with Gasteiger partial charge in [0.1, 0.15) is 18.0 Å². The second-order valence-electron chi connectivity index (χ2n) is 11.0. The number of esters is 2. The van der Waals surface area contributed by atoms with Gasteiger partial charge < -0.3 is 14.2 Å². The van der Waals surface area contributed by atoms with Gasteiger partial charge in [-0.3, -0.25) is 0 Å². The molecule has 0 heterocycles. The molecular formula is C31H46F2O5. The number of ether oxygens (including phenoxy) is 3. The molecule has 1 aromatic carbocycles. The minimum Gasteiger partial charge on any atom is -0.496 e. The van der Waals surface area contributed by atoms with Gasteiger partial charge in [-0.25, -0.2) is 18.4 Å². The lowest BCUT2D eigenvalue weighted by molar-refractivity contribution is -0.157. The summed E-state index contributed by atoms with van der Waals surface area (Å²) in [5.41, 5.74) is 2.38. The third-order valence-electron chi connectivity index (χ3n) is 8.22. The van der Waals surface area contributed by atoms with Crippen LogP contribution in [0.4, 0.5) is 8.78 Å². The Bertz CT molecular complexity index is 875. The highest BCUT2D eigenvalue weighted by Crippen LogP contribution is 2.42. The Morgan fingerprint density at radius 1 is 0.789 bits per heavy atom. The average molecular weight is 537 g/mol. The van der Waals surface area contributed by atoms with Gasteiger partial charge in [0, 0.05) is 0 Å². The zero-order chi connectivity index (χ0) is 27.5. The summed E-state index contributed by atoms with van der Waals surface area (Å²) in [6.45, 7) is 3.95. The van der Waals surface area contributed by atoms with Gasteiger partial charge in [0.2, 0.25) is 0 Å². The number of methoxy groups -OCH3 is 1.